The molecular formula is C23H22F3N3O. The van der Waals surface area contributed by atoms with Crippen LogP contribution in [-0.4, -0.2) is 16.7 Å². The normalized spacial score (nSPS) is 11.8. The molecule has 7 heteroatoms. The van der Waals surface area contributed by atoms with Gasteiger partial charge in [-0.15, -0.1) is 0 Å². The van der Waals surface area contributed by atoms with E-state index in [2.05, 4.69) is 46.3 Å². The number of carbonyl (C=O) groups excluding carboxylic acids is 1. The minimum absolute atomic E-state index is 0.108. The third-order valence-electron chi connectivity index (χ3n) is 4.89. The Morgan fingerprint density at radius 3 is 2.43 bits per heavy atom. The first-order valence-corrected chi connectivity index (χ1v) is 9.49. The maximum atomic E-state index is 12.8. The second kappa shape index (κ2) is 8.57. The molecule has 2 aromatic carbocycles. The Hall–Kier alpha value is -3.35. The number of alkyl halides is 3. The van der Waals surface area contributed by atoms with E-state index in [1.165, 1.54) is 23.9 Å². The molecule has 156 valence electrons. The molecule has 0 aliphatic heterocycles. The van der Waals surface area contributed by atoms with Gasteiger partial charge in [-0.2, -0.15) is 18.3 Å². The van der Waals surface area contributed by atoms with E-state index in [1.54, 1.807) is 0 Å². The lowest BCUT2D eigenvalue weighted by atomic mass is 10.1. The predicted octanol–water partition coefficient (Wildman–Crippen LogP) is 5.44. The fourth-order valence-corrected chi connectivity index (χ4v) is 3.26. The second-order valence-corrected chi connectivity index (χ2v) is 6.96. The molecule has 1 amide bonds. The number of hydrazone groups is 1. The van der Waals surface area contributed by atoms with Crippen LogP contribution in [0.15, 0.2) is 59.7 Å². The Morgan fingerprint density at radius 1 is 1.10 bits per heavy atom. The summed E-state index contributed by atoms with van der Waals surface area (Å²) in [4.78, 5) is 12.2. The number of nitrogens with zero attached hydrogens (tertiary/aromatic N) is 2. The fraction of sp³-hybridized carbons (Fsp3) is 0.217. The van der Waals surface area contributed by atoms with Crippen molar-refractivity contribution in [3.05, 3.63) is 88.2 Å². The highest BCUT2D eigenvalue weighted by atomic mass is 19.4. The highest BCUT2D eigenvalue weighted by Gasteiger charge is 2.30. The fourth-order valence-electron chi connectivity index (χ4n) is 3.26. The molecule has 0 saturated heterocycles. The topological polar surface area (TPSA) is 46.4 Å². The average Bonchev–Trinajstić information content (AvgIpc) is 3.00. The van der Waals surface area contributed by atoms with Gasteiger partial charge in [0.25, 0.3) is 5.91 Å². The molecule has 3 aromatic rings. The van der Waals surface area contributed by atoms with E-state index in [0.29, 0.717) is 0 Å². The first-order chi connectivity index (χ1) is 14.2. The Morgan fingerprint density at radius 2 is 1.80 bits per heavy atom. The Kier molecular flexibility index (Phi) is 6.10. The number of benzene rings is 2. The van der Waals surface area contributed by atoms with Crippen LogP contribution in [0.4, 0.5) is 13.2 Å². The molecular weight excluding hydrogens is 391 g/mol. The predicted molar refractivity (Wildman–Crippen MR) is 111 cm³/mol. The van der Waals surface area contributed by atoms with E-state index in [9.17, 15) is 18.0 Å². The first kappa shape index (κ1) is 21.4. The standard InChI is InChI=1S/C23H22F3N3O/c1-4-17-8-10-21(11-9-17)29-15(2)12-19(16(29)3)14-27-28-22(30)18-6-5-7-20(13-18)23(24,25)26/h5-14H,4H2,1-3H3,(H,28,30)/b27-14-. The first-order valence-electron chi connectivity index (χ1n) is 9.49. The van der Waals surface area contributed by atoms with Crippen molar-refractivity contribution in [1.29, 1.82) is 0 Å². The van der Waals surface area contributed by atoms with Gasteiger partial charge in [0.05, 0.1) is 11.8 Å². The third kappa shape index (κ3) is 4.62. The zero-order valence-electron chi connectivity index (χ0n) is 16.9. The van der Waals surface area contributed by atoms with Crippen molar-refractivity contribution in [2.24, 2.45) is 5.10 Å². The molecule has 0 spiro atoms. The van der Waals surface area contributed by atoms with Crippen LogP contribution in [-0.2, 0) is 12.6 Å². The molecule has 3 rings (SSSR count). The van der Waals surface area contributed by atoms with E-state index in [1.807, 2.05) is 19.9 Å². The molecule has 0 atom stereocenters. The Balaban J connectivity index is 1.76. The molecule has 1 heterocycles. The van der Waals surface area contributed by atoms with Gasteiger partial charge in [-0.1, -0.05) is 25.1 Å². The summed E-state index contributed by atoms with van der Waals surface area (Å²) < 4.78 is 40.5. The lowest BCUT2D eigenvalue weighted by Crippen LogP contribution is -2.18. The summed E-state index contributed by atoms with van der Waals surface area (Å²) in [5, 5.41) is 3.93. The molecule has 0 aliphatic carbocycles. The van der Waals surface area contributed by atoms with Gasteiger partial charge in [0, 0.05) is 28.2 Å². The minimum atomic E-state index is -4.51. The number of amides is 1. The van der Waals surface area contributed by atoms with Crippen molar-refractivity contribution >= 4 is 12.1 Å². The Bertz CT molecular complexity index is 1080. The van der Waals surface area contributed by atoms with E-state index in [4.69, 9.17) is 0 Å². The number of aromatic nitrogens is 1. The molecule has 0 bridgehead atoms. The van der Waals surface area contributed by atoms with E-state index >= 15 is 0 Å². The van der Waals surface area contributed by atoms with Gasteiger partial charge < -0.3 is 4.57 Å². The summed E-state index contributed by atoms with van der Waals surface area (Å²) >= 11 is 0. The van der Waals surface area contributed by atoms with Gasteiger partial charge >= 0.3 is 6.18 Å². The summed E-state index contributed by atoms with van der Waals surface area (Å²) in [6.07, 6.45) is -2.05. The van der Waals surface area contributed by atoms with Gasteiger partial charge in [0.1, 0.15) is 0 Å². The molecule has 30 heavy (non-hydrogen) atoms. The maximum Gasteiger partial charge on any atom is 0.416 e. The SMILES string of the molecule is CCc1ccc(-n2c(C)cc(/C=N\NC(=O)c3cccc(C(F)(F)F)c3)c2C)cc1. The summed E-state index contributed by atoms with van der Waals surface area (Å²) in [7, 11) is 0. The highest BCUT2D eigenvalue weighted by Crippen LogP contribution is 2.29. The molecule has 0 saturated carbocycles. The van der Waals surface area contributed by atoms with Gasteiger partial charge in [-0.05, 0) is 62.2 Å². The third-order valence-corrected chi connectivity index (χ3v) is 4.89. The van der Waals surface area contributed by atoms with Crippen molar-refractivity contribution in [1.82, 2.24) is 9.99 Å². The highest BCUT2D eigenvalue weighted by molar-refractivity contribution is 5.95. The second-order valence-electron chi connectivity index (χ2n) is 6.96. The summed E-state index contributed by atoms with van der Waals surface area (Å²) in [5.74, 6) is -0.707. The summed E-state index contributed by atoms with van der Waals surface area (Å²) in [6.45, 7) is 6.01. The lowest BCUT2D eigenvalue weighted by molar-refractivity contribution is -0.137. The monoisotopic (exact) mass is 413 g/mol. The largest absolute Gasteiger partial charge is 0.416 e. The molecule has 0 radical (unpaired) electrons. The lowest BCUT2D eigenvalue weighted by Gasteiger charge is -2.10. The summed E-state index contributed by atoms with van der Waals surface area (Å²) in [5.41, 5.74) is 6.32. The van der Waals surface area contributed by atoms with E-state index < -0.39 is 17.6 Å². The molecule has 4 nitrogen and oxygen atoms in total. The van der Waals surface area contributed by atoms with Gasteiger partial charge in [0.2, 0.25) is 0 Å². The maximum absolute atomic E-state index is 12.8. The zero-order valence-corrected chi connectivity index (χ0v) is 16.9. The van der Waals surface area contributed by atoms with Gasteiger partial charge in [0.15, 0.2) is 0 Å². The van der Waals surface area contributed by atoms with Crippen LogP contribution in [0, 0.1) is 13.8 Å². The van der Waals surface area contributed by atoms with Crippen molar-refractivity contribution in [3.63, 3.8) is 0 Å². The molecule has 0 aliphatic rings. The number of hydrogen-bond donors (Lipinski definition) is 1. The molecule has 0 fully saturated rings. The van der Waals surface area contributed by atoms with Crippen LogP contribution in [0.1, 0.15) is 45.4 Å². The van der Waals surface area contributed by atoms with E-state index in [-0.39, 0.29) is 5.56 Å². The van der Waals surface area contributed by atoms with Crippen molar-refractivity contribution in [2.75, 3.05) is 0 Å². The quantitative estimate of drug-likeness (QED) is 0.439. The van der Waals surface area contributed by atoms with Crippen LogP contribution < -0.4 is 5.43 Å². The Labute approximate surface area is 173 Å². The van der Waals surface area contributed by atoms with Gasteiger partial charge in [-0.3, -0.25) is 4.79 Å². The van der Waals surface area contributed by atoms with Crippen LogP contribution in [0.3, 0.4) is 0 Å². The summed E-state index contributed by atoms with van der Waals surface area (Å²) in [6, 6.07) is 14.4. The average molecular weight is 413 g/mol. The molecule has 1 aromatic heterocycles. The zero-order chi connectivity index (χ0) is 21.9. The van der Waals surface area contributed by atoms with Gasteiger partial charge in [-0.25, -0.2) is 5.43 Å². The van der Waals surface area contributed by atoms with Crippen molar-refractivity contribution < 1.29 is 18.0 Å². The number of halogens is 3. The van der Waals surface area contributed by atoms with Crippen LogP contribution >= 0.6 is 0 Å². The van der Waals surface area contributed by atoms with Crippen LogP contribution in [0.5, 0.6) is 0 Å². The smallest absolute Gasteiger partial charge is 0.318 e. The van der Waals surface area contributed by atoms with Crippen LogP contribution in [0.2, 0.25) is 0 Å². The number of hydrogen-bond acceptors (Lipinski definition) is 2. The van der Waals surface area contributed by atoms with Crippen molar-refractivity contribution in [3.8, 4) is 5.69 Å². The molecule has 1 N–H and O–H groups in total. The van der Waals surface area contributed by atoms with Crippen LogP contribution in [0.25, 0.3) is 5.69 Å². The molecule has 0 unspecified atom stereocenters. The number of carbonyl (C=O) groups is 1. The number of rotatable bonds is 5. The van der Waals surface area contributed by atoms with E-state index in [0.717, 1.165) is 41.2 Å². The van der Waals surface area contributed by atoms with Crippen molar-refractivity contribution in [2.45, 2.75) is 33.4 Å². The number of nitrogens with one attached hydrogen (secondary N) is 1. The number of aryl methyl sites for hydroxylation is 2. The minimum Gasteiger partial charge on any atom is -0.318 e.